The highest BCUT2D eigenvalue weighted by Crippen LogP contribution is 2.29. The molecular formula is C18H21BrFN3O2. The summed E-state index contributed by atoms with van der Waals surface area (Å²) in [6.07, 6.45) is 2.94. The number of carbonyl (C=O) groups excluding carboxylic acids is 1. The van der Waals surface area contributed by atoms with Crippen molar-refractivity contribution in [1.82, 2.24) is 14.9 Å². The molecule has 2 aromatic rings. The molecule has 1 aliphatic rings. The zero-order valence-electron chi connectivity index (χ0n) is 14.6. The third-order valence-corrected chi connectivity index (χ3v) is 4.61. The van der Waals surface area contributed by atoms with Gasteiger partial charge in [-0.05, 0) is 45.7 Å². The maximum Gasteiger partial charge on any atom is 0.410 e. The van der Waals surface area contributed by atoms with Gasteiger partial charge in [0.05, 0.1) is 11.2 Å². The number of piperidine rings is 1. The monoisotopic (exact) mass is 409 g/mol. The van der Waals surface area contributed by atoms with Crippen molar-refractivity contribution >= 4 is 33.1 Å². The molecule has 25 heavy (non-hydrogen) atoms. The van der Waals surface area contributed by atoms with Gasteiger partial charge >= 0.3 is 6.09 Å². The van der Waals surface area contributed by atoms with E-state index in [0.717, 1.165) is 18.5 Å². The van der Waals surface area contributed by atoms with Gasteiger partial charge in [0.2, 0.25) is 0 Å². The lowest BCUT2D eigenvalue weighted by molar-refractivity contribution is 0.0204. The maximum atomic E-state index is 13.9. The van der Waals surface area contributed by atoms with Crippen LogP contribution in [0.25, 0.3) is 11.0 Å². The Kier molecular flexibility index (Phi) is 4.95. The number of likely N-dealkylation sites (tertiary alicyclic amines) is 1. The van der Waals surface area contributed by atoms with Gasteiger partial charge in [0.15, 0.2) is 5.82 Å². The number of hydrogen-bond donors (Lipinski definition) is 0. The highest BCUT2D eigenvalue weighted by molar-refractivity contribution is 9.10. The van der Waals surface area contributed by atoms with E-state index >= 15 is 0 Å². The topological polar surface area (TPSA) is 55.3 Å². The number of benzene rings is 1. The van der Waals surface area contributed by atoms with Gasteiger partial charge in [0.25, 0.3) is 0 Å². The molecule has 7 heteroatoms. The van der Waals surface area contributed by atoms with E-state index in [1.807, 2.05) is 20.8 Å². The quantitative estimate of drug-likeness (QED) is 0.687. The van der Waals surface area contributed by atoms with Crippen molar-refractivity contribution < 1.29 is 13.9 Å². The standard InChI is InChI=1S/C18H21BrFN3O2/c1-18(2,3)25-17(24)23-6-4-11(5-7-23)15-10-21-16-13(20)8-12(19)9-14(16)22-15/h8-11H,4-7H2,1-3H3. The molecule has 0 saturated carbocycles. The molecule has 0 N–H and O–H groups in total. The number of aromatic nitrogens is 2. The molecule has 0 bridgehead atoms. The van der Waals surface area contributed by atoms with Gasteiger partial charge in [-0.1, -0.05) is 15.9 Å². The summed E-state index contributed by atoms with van der Waals surface area (Å²) in [5.41, 5.74) is 1.17. The highest BCUT2D eigenvalue weighted by Gasteiger charge is 2.28. The average molecular weight is 410 g/mol. The summed E-state index contributed by atoms with van der Waals surface area (Å²) in [5.74, 6) is -0.180. The molecule has 0 radical (unpaired) electrons. The minimum Gasteiger partial charge on any atom is -0.444 e. The summed E-state index contributed by atoms with van der Waals surface area (Å²) in [7, 11) is 0. The van der Waals surface area contributed by atoms with Gasteiger partial charge in [-0.25, -0.2) is 19.2 Å². The Hall–Kier alpha value is -1.76. The van der Waals surface area contributed by atoms with Crippen LogP contribution in [0.4, 0.5) is 9.18 Å². The molecule has 1 fully saturated rings. The van der Waals surface area contributed by atoms with Crippen LogP contribution >= 0.6 is 15.9 Å². The number of hydrogen-bond acceptors (Lipinski definition) is 4. The lowest BCUT2D eigenvalue weighted by Crippen LogP contribution is -2.41. The first-order chi connectivity index (χ1) is 11.7. The molecule has 1 aromatic heterocycles. The molecule has 134 valence electrons. The molecule has 1 aromatic carbocycles. The van der Waals surface area contributed by atoms with Crippen LogP contribution in [0.5, 0.6) is 0 Å². The number of nitrogens with zero attached hydrogens (tertiary/aromatic N) is 3. The van der Waals surface area contributed by atoms with Gasteiger partial charge in [0.1, 0.15) is 11.1 Å². The smallest absolute Gasteiger partial charge is 0.410 e. The molecule has 2 heterocycles. The Morgan fingerprint density at radius 1 is 1.32 bits per heavy atom. The fourth-order valence-corrected chi connectivity index (χ4v) is 3.36. The van der Waals surface area contributed by atoms with Gasteiger partial charge in [0, 0.05) is 29.7 Å². The summed E-state index contributed by atoms with van der Waals surface area (Å²) in [5, 5.41) is 0. The second-order valence-corrected chi connectivity index (χ2v) is 8.21. The molecule has 1 saturated heterocycles. The minimum atomic E-state index is -0.491. The van der Waals surface area contributed by atoms with E-state index in [1.54, 1.807) is 17.2 Å². The normalized spacial score (nSPS) is 16.3. The van der Waals surface area contributed by atoms with Crippen LogP contribution in [0.3, 0.4) is 0 Å². The van der Waals surface area contributed by atoms with Crippen LogP contribution in [-0.4, -0.2) is 39.7 Å². The number of halogens is 2. The lowest BCUT2D eigenvalue weighted by atomic mass is 9.94. The van der Waals surface area contributed by atoms with E-state index in [1.165, 1.54) is 6.07 Å². The third-order valence-electron chi connectivity index (χ3n) is 4.15. The lowest BCUT2D eigenvalue weighted by Gasteiger charge is -2.33. The number of rotatable bonds is 1. The second kappa shape index (κ2) is 6.86. The van der Waals surface area contributed by atoms with Gasteiger partial charge in [-0.3, -0.25) is 0 Å². The molecule has 0 aliphatic carbocycles. The first-order valence-electron chi connectivity index (χ1n) is 8.32. The fourth-order valence-electron chi connectivity index (χ4n) is 2.95. The number of carbonyl (C=O) groups is 1. The largest absolute Gasteiger partial charge is 0.444 e. The number of ether oxygens (including phenoxy) is 1. The maximum absolute atomic E-state index is 13.9. The zero-order valence-corrected chi connectivity index (χ0v) is 16.1. The van der Waals surface area contributed by atoms with E-state index in [0.29, 0.717) is 23.1 Å². The van der Waals surface area contributed by atoms with Crippen LogP contribution < -0.4 is 0 Å². The Labute approximate surface area is 154 Å². The van der Waals surface area contributed by atoms with Crippen molar-refractivity contribution in [3.63, 3.8) is 0 Å². The van der Waals surface area contributed by atoms with Crippen LogP contribution in [0.1, 0.15) is 45.2 Å². The molecular weight excluding hydrogens is 389 g/mol. The molecule has 1 amide bonds. The van der Waals surface area contributed by atoms with Gasteiger partial charge in [-0.15, -0.1) is 0 Å². The molecule has 3 rings (SSSR count). The molecule has 0 spiro atoms. The summed E-state index contributed by atoms with van der Waals surface area (Å²) in [6.45, 7) is 6.82. The zero-order chi connectivity index (χ0) is 18.2. The van der Waals surface area contributed by atoms with Gasteiger partial charge < -0.3 is 9.64 Å². The van der Waals surface area contributed by atoms with E-state index in [4.69, 9.17) is 4.74 Å². The van der Waals surface area contributed by atoms with Crippen molar-refractivity contribution in [3.05, 3.63) is 34.3 Å². The molecule has 0 unspecified atom stereocenters. The number of fused-ring (bicyclic) bond motifs is 1. The van der Waals surface area contributed by atoms with E-state index in [9.17, 15) is 9.18 Å². The Bertz CT molecular complexity index is 799. The average Bonchev–Trinajstić information content (AvgIpc) is 2.52. The second-order valence-electron chi connectivity index (χ2n) is 7.29. The van der Waals surface area contributed by atoms with Crippen molar-refractivity contribution in [2.75, 3.05) is 13.1 Å². The van der Waals surface area contributed by atoms with Gasteiger partial charge in [-0.2, -0.15) is 0 Å². The molecule has 5 nitrogen and oxygen atoms in total. The van der Waals surface area contributed by atoms with Crippen LogP contribution in [0.2, 0.25) is 0 Å². The first kappa shape index (κ1) is 18.0. The van der Waals surface area contributed by atoms with E-state index < -0.39 is 5.60 Å². The van der Waals surface area contributed by atoms with Crippen LogP contribution in [-0.2, 0) is 4.74 Å². The fraction of sp³-hybridized carbons (Fsp3) is 0.500. The Morgan fingerprint density at radius 3 is 2.64 bits per heavy atom. The van der Waals surface area contributed by atoms with Crippen LogP contribution in [0, 0.1) is 5.82 Å². The Balaban J connectivity index is 1.71. The minimum absolute atomic E-state index is 0.206. The highest BCUT2D eigenvalue weighted by atomic mass is 79.9. The SMILES string of the molecule is CC(C)(C)OC(=O)N1CCC(c2cnc3c(F)cc(Br)cc3n2)CC1. The van der Waals surface area contributed by atoms with E-state index in [-0.39, 0.29) is 23.3 Å². The summed E-state index contributed by atoms with van der Waals surface area (Å²) < 4.78 is 20.0. The molecule has 1 aliphatic heterocycles. The first-order valence-corrected chi connectivity index (χ1v) is 9.12. The number of amides is 1. The summed E-state index contributed by atoms with van der Waals surface area (Å²) in [4.78, 5) is 22.7. The van der Waals surface area contributed by atoms with E-state index in [2.05, 4.69) is 25.9 Å². The van der Waals surface area contributed by atoms with Crippen LogP contribution in [0.15, 0.2) is 22.8 Å². The van der Waals surface area contributed by atoms with Crippen molar-refractivity contribution in [2.24, 2.45) is 0 Å². The van der Waals surface area contributed by atoms with Crippen molar-refractivity contribution in [2.45, 2.75) is 45.1 Å². The summed E-state index contributed by atoms with van der Waals surface area (Å²) >= 11 is 3.29. The van der Waals surface area contributed by atoms with Crippen molar-refractivity contribution in [1.29, 1.82) is 0 Å². The Morgan fingerprint density at radius 2 is 2.00 bits per heavy atom. The predicted octanol–water partition coefficient (Wildman–Crippen LogP) is 4.65. The molecule has 0 atom stereocenters. The van der Waals surface area contributed by atoms with Crippen molar-refractivity contribution in [3.8, 4) is 0 Å². The third kappa shape index (κ3) is 4.26. The predicted molar refractivity (Wildman–Crippen MR) is 97.0 cm³/mol. The summed E-state index contributed by atoms with van der Waals surface area (Å²) in [6, 6.07) is 3.15.